The predicted molar refractivity (Wildman–Crippen MR) is 98.0 cm³/mol. The second-order valence-electron chi connectivity index (χ2n) is 6.92. The maximum Gasteiger partial charge on any atom is 0.408 e. The molecule has 4 nitrogen and oxygen atoms in total. The molecule has 0 aliphatic carbocycles. The lowest BCUT2D eigenvalue weighted by atomic mass is 9.96. The third-order valence-corrected chi connectivity index (χ3v) is 4.05. The SMILES string of the molecule is CC(C)[C@H](NC(=O)OC(C)(C)C)C1=Nc2ccc(I)cc2C1. The maximum absolute atomic E-state index is 12.1. The number of aliphatic imine (C=N–C) groups is 1. The van der Waals surface area contributed by atoms with E-state index in [1.165, 1.54) is 9.13 Å². The van der Waals surface area contributed by atoms with Crippen molar-refractivity contribution in [3.63, 3.8) is 0 Å². The summed E-state index contributed by atoms with van der Waals surface area (Å²) in [4.78, 5) is 16.8. The monoisotopic (exact) mass is 414 g/mol. The Bertz CT molecular complexity index is 603. The molecular weight excluding hydrogens is 391 g/mol. The fraction of sp³-hybridized carbons (Fsp3) is 0.529. The minimum Gasteiger partial charge on any atom is -0.444 e. The summed E-state index contributed by atoms with van der Waals surface area (Å²) in [5, 5.41) is 2.97. The topological polar surface area (TPSA) is 50.7 Å². The highest BCUT2D eigenvalue weighted by molar-refractivity contribution is 14.1. The average molecular weight is 414 g/mol. The number of hydrogen-bond donors (Lipinski definition) is 1. The maximum atomic E-state index is 12.1. The van der Waals surface area contributed by atoms with Gasteiger partial charge in [0.25, 0.3) is 0 Å². The number of nitrogens with one attached hydrogen (secondary N) is 1. The van der Waals surface area contributed by atoms with E-state index in [1.54, 1.807) is 0 Å². The zero-order chi connectivity index (χ0) is 16.5. The number of ether oxygens (including phenoxy) is 1. The molecule has 0 spiro atoms. The summed E-state index contributed by atoms with van der Waals surface area (Å²) in [7, 11) is 0. The molecule has 0 aromatic heterocycles. The Morgan fingerprint density at radius 3 is 2.64 bits per heavy atom. The van der Waals surface area contributed by atoms with Crippen LogP contribution >= 0.6 is 22.6 Å². The fourth-order valence-electron chi connectivity index (χ4n) is 2.44. The lowest BCUT2D eigenvalue weighted by Gasteiger charge is -2.26. The van der Waals surface area contributed by atoms with Crippen LogP contribution in [0.2, 0.25) is 0 Å². The van der Waals surface area contributed by atoms with Gasteiger partial charge in [-0.2, -0.15) is 0 Å². The van der Waals surface area contributed by atoms with Crippen LogP contribution in [-0.4, -0.2) is 23.4 Å². The number of benzene rings is 1. The highest BCUT2D eigenvalue weighted by atomic mass is 127. The molecule has 0 saturated carbocycles. The van der Waals surface area contributed by atoms with E-state index in [4.69, 9.17) is 9.73 Å². The Labute approximate surface area is 145 Å². The molecular formula is C17H23IN2O2. The van der Waals surface area contributed by atoms with Gasteiger partial charge in [0.1, 0.15) is 5.60 Å². The van der Waals surface area contributed by atoms with Crippen molar-refractivity contribution in [2.24, 2.45) is 10.9 Å². The summed E-state index contributed by atoms with van der Waals surface area (Å²) in [6, 6.07) is 6.13. The van der Waals surface area contributed by atoms with Gasteiger partial charge < -0.3 is 10.1 Å². The highest BCUT2D eigenvalue weighted by Gasteiger charge is 2.28. The third kappa shape index (κ3) is 4.44. The van der Waals surface area contributed by atoms with Gasteiger partial charge in [-0.05, 0) is 73.0 Å². The summed E-state index contributed by atoms with van der Waals surface area (Å²) in [5.41, 5.74) is 2.73. The normalized spacial score (nSPS) is 15.3. The Balaban J connectivity index is 2.12. The molecule has 22 heavy (non-hydrogen) atoms. The zero-order valence-corrected chi connectivity index (χ0v) is 15.9. The molecule has 0 saturated heterocycles. The van der Waals surface area contributed by atoms with Gasteiger partial charge in [0.2, 0.25) is 0 Å². The molecule has 0 radical (unpaired) electrons. The predicted octanol–water partition coefficient (Wildman–Crippen LogP) is 4.47. The summed E-state index contributed by atoms with van der Waals surface area (Å²) < 4.78 is 6.57. The number of amides is 1. The van der Waals surface area contributed by atoms with Gasteiger partial charge in [-0.25, -0.2) is 4.79 Å². The van der Waals surface area contributed by atoms with Crippen molar-refractivity contribution in [3.05, 3.63) is 27.3 Å². The first-order valence-electron chi connectivity index (χ1n) is 7.51. The molecule has 1 aliphatic heterocycles. The van der Waals surface area contributed by atoms with Crippen LogP contribution in [0, 0.1) is 9.49 Å². The lowest BCUT2D eigenvalue weighted by molar-refractivity contribution is 0.0508. The minimum absolute atomic E-state index is 0.111. The van der Waals surface area contributed by atoms with Crippen molar-refractivity contribution in [1.29, 1.82) is 0 Å². The van der Waals surface area contributed by atoms with Crippen LogP contribution in [0.5, 0.6) is 0 Å². The van der Waals surface area contributed by atoms with Crippen molar-refractivity contribution in [1.82, 2.24) is 5.32 Å². The summed E-state index contributed by atoms with van der Waals surface area (Å²) in [6.07, 6.45) is 0.393. The molecule has 1 aromatic carbocycles. The smallest absolute Gasteiger partial charge is 0.408 e. The van der Waals surface area contributed by atoms with Gasteiger partial charge in [-0.1, -0.05) is 13.8 Å². The highest BCUT2D eigenvalue weighted by Crippen LogP contribution is 2.30. The standard InChI is InChI=1S/C17H23IN2O2/c1-10(2)15(20-16(21)22-17(3,4)5)14-9-11-8-12(18)6-7-13(11)19-14/h6-8,10,15H,9H2,1-5H3,(H,20,21)/t15-/m0/s1. The van der Waals surface area contributed by atoms with Gasteiger partial charge in [0.05, 0.1) is 11.7 Å². The summed E-state index contributed by atoms with van der Waals surface area (Å²) in [6.45, 7) is 9.75. The van der Waals surface area contributed by atoms with Gasteiger partial charge in [0.15, 0.2) is 0 Å². The third-order valence-electron chi connectivity index (χ3n) is 3.38. The Kier molecular flexibility index (Phi) is 5.14. The Hall–Kier alpha value is -1.11. The van der Waals surface area contributed by atoms with E-state index >= 15 is 0 Å². The molecule has 0 unspecified atom stereocenters. The van der Waals surface area contributed by atoms with Crippen LogP contribution in [0.4, 0.5) is 10.5 Å². The van der Waals surface area contributed by atoms with E-state index < -0.39 is 5.60 Å². The van der Waals surface area contributed by atoms with Crippen LogP contribution in [-0.2, 0) is 11.2 Å². The lowest BCUT2D eigenvalue weighted by Crippen LogP contribution is -2.46. The Morgan fingerprint density at radius 1 is 1.36 bits per heavy atom. The van der Waals surface area contributed by atoms with Crippen LogP contribution < -0.4 is 5.32 Å². The van der Waals surface area contributed by atoms with Gasteiger partial charge >= 0.3 is 6.09 Å². The number of carbonyl (C=O) groups excluding carboxylic acids is 1. The van der Waals surface area contributed by atoms with Crippen molar-refractivity contribution in [3.8, 4) is 0 Å². The molecule has 1 N–H and O–H groups in total. The number of alkyl carbamates (subject to hydrolysis) is 1. The molecule has 1 aliphatic rings. The van der Waals surface area contributed by atoms with Gasteiger partial charge in [0, 0.05) is 15.7 Å². The van der Waals surface area contributed by atoms with Crippen LogP contribution in [0.1, 0.15) is 40.2 Å². The van der Waals surface area contributed by atoms with E-state index in [-0.39, 0.29) is 18.1 Å². The molecule has 0 fully saturated rings. The number of nitrogens with zero attached hydrogens (tertiary/aromatic N) is 1. The summed E-state index contributed by atoms with van der Waals surface area (Å²) >= 11 is 2.30. The van der Waals surface area contributed by atoms with Gasteiger partial charge in [-0.15, -0.1) is 0 Å². The fourth-order valence-corrected chi connectivity index (χ4v) is 3.00. The van der Waals surface area contributed by atoms with Crippen LogP contribution in [0.3, 0.4) is 0 Å². The largest absolute Gasteiger partial charge is 0.444 e. The number of carbonyl (C=O) groups is 1. The first kappa shape index (κ1) is 17.2. The summed E-state index contributed by atoms with van der Waals surface area (Å²) in [5.74, 6) is 0.250. The van der Waals surface area contributed by atoms with Crippen molar-refractivity contribution < 1.29 is 9.53 Å². The van der Waals surface area contributed by atoms with Crippen molar-refractivity contribution in [2.45, 2.75) is 52.7 Å². The van der Waals surface area contributed by atoms with Crippen LogP contribution in [0.25, 0.3) is 0 Å². The Morgan fingerprint density at radius 2 is 2.05 bits per heavy atom. The second kappa shape index (κ2) is 6.56. The first-order valence-corrected chi connectivity index (χ1v) is 8.59. The molecule has 120 valence electrons. The molecule has 1 amide bonds. The van der Waals surface area contributed by atoms with E-state index in [9.17, 15) is 4.79 Å². The number of fused-ring (bicyclic) bond motifs is 1. The molecule has 1 atom stereocenters. The minimum atomic E-state index is -0.498. The van der Waals surface area contributed by atoms with Crippen molar-refractivity contribution >= 4 is 40.1 Å². The first-order chi connectivity index (χ1) is 10.2. The van der Waals surface area contributed by atoms with E-state index in [2.05, 4.69) is 53.9 Å². The quantitative estimate of drug-likeness (QED) is 0.743. The molecule has 0 bridgehead atoms. The molecule has 5 heteroatoms. The van der Waals surface area contributed by atoms with Gasteiger partial charge in [-0.3, -0.25) is 4.99 Å². The second-order valence-corrected chi connectivity index (χ2v) is 8.17. The van der Waals surface area contributed by atoms with Crippen LogP contribution in [0.15, 0.2) is 23.2 Å². The number of halogens is 1. The van der Waals surface area contributed by atoms with E-state index in [0.717, 1.165) is 17.8 Å². The average Bonchev–Trinajstić information content (AvgIpc) is 2.75. The molecule has 1 aromatic rings. The number of rotatable bonds is 3. The molecule has 2 rings (SSSR count). The zero-order valence-electron chi connectivity index (χ0n) is 13.7. The van der Waals surface area contributed by atoms with Crippen molar-refractivity contribution in [2.75, 3.05) is 0 Å². The number of hydrogen-bond acceptors (Lipinski definition) is 3. The van der Waals surface area contributed by atoms with E-state index in [0.29, 0.717) is 0 Å². The van der Waals surface area contributed by atoms with E-state index in [1.807, 2.05) is 26.8 Å². The molecule has 1 heterocycles.